The molecule has 3 aliphatic rings. The van der Waals surface area contributed by atoms with Crippen molar-refractivity contribution in [1.29, 1.82) is 0 Å². The lowest BCUT2D eigenvalue weighted by atomic mass is 9.84. The van der Waals surface area contributed by atoms with Gasteiger partial charge in [0.25, 0.3) is 0 Å². The molecule has 186 valence electrons. The fraction of sp³-hybridized carbons (Fsp3) is 0.333. The normalized spacial score (nSPS) is 19.9. The predicted octanol–water partition coefficient (Wildman–Crippen LogP) is 5.79. The predicted molar refractivity (Wildman–Crippen MR) is 139 cm³/mol. The Balaban J connectivity index is 1.34. The summed E-state index contributed by atoms with van der Waals surface area (Å²) in [5.74, 6) is 2.47. The third-order valence-electron chi connectivity index (χ3n) is 7.43. The Bertz CT molecular complexity index is 1290. The number of phenols is 2. The molecule has 0 bridgehead atoms. The van der Waals surface area contributed by atoms with Crippen LogP contribution in [0.1, 0.15) is 49.0 Å². The van der Waals surface area contributed by atoms with E-state index in [0.29, 0.717) is 37.2 Å². The molecule has 3 aliphatic heterocycles. The number of nitrogens with zero attached hydrogens (tertiary/aromatic N) is 1. The van der Waals surface area contributed by atoms with Crippen LogP contribution in [0, 0.1) is 0 Å². The molecule has 0 radical (unpaired) electrons. The molecule has 3 heterocycles. The minimum Gasteiger partial charge on any atom is -0.508 e. The molecule has 6 rings (SSSR count). The molecule has 1 unspecified atom stereocenters. The topological polar surface area (TPSA) is 71.4 Å². The zero-order chi connectivity index (χ0) is 24.6. The highest BCUT2D eigenvalue weighted by molar-refractivity contribution is 5.98. The minimum absolute atomic E-state index is 0.168. The number of ether oxygens (including phenoxy) is 3. The molecule has 1 saturated heterocycles. The van der Waals surface area contributed by atoms with Gasteiger partial charge in [-0.05, 0) is 80.4 Å². The smallest absolute Gasteiger partial charge is 0.150 e. The first-order valence-corrected chi connectivity index (χ1v) is 12.7. The Kier molecular flexibility index (Phi) is 5.97. The first-order chi connectivity index (χ1) is 17.6. The number of hydrogen-bond donors (Lipinski definition) is 2. The molecule has 36 heavy (non-hydrogen) atoms. The van der Waals surface area contributed by atoms with Gasteiger partial charge in [-0.2, -0.15) is 0 Å². The minimum atomic E-state index is -0.392. The average molecular weight is 486 g/mol. The van der Waals surface area contributed by atoms with Crippen LogP contribution in [0.2, 0.25) is 0 Å². The quantitative estimate of drug-likeness (QED) is 0.477. The van der Waals surface area contributed by atoms with Crippen LogP contribution < -0.4 is 14.2 Å². The van der Waals surface area contributed by atoms with Crippen LogP contribution in [-0.4, -0.2) is 47.5 Å². The summed E-state index contributed by atoms with van der Waals surface area (Å²) in [6.45, 7) is 5.68. The molecule has 0 saturated carbocycles. The van der Waals surface area contributed by atoms with E-state index in [1.165, 1.54) is 12.8 Å². The van der Waals surface area contributed by atoms with Crippen molar-refractivity contribution in [1.82, 2.24) is 4.90 Å². The van der Waals surface area contributed by atoms with E-state index in [0.717, 1.165) is 46.7 Å². The summed E-state index contributed by atoms with van der Waals surface area (Å²) in [4.78, 5) is 2.48. The van der Waals surface area contributed by atoms with Crippen LogP contribution in [0.3, 0.4) is 0 Å². The highest BCUT2D eigenvalue weighted by Crippen LogP contribution is 2.51. The lowest BCUT2D eigenvalue weighted by Gasteiger charge is -2.31. The van der Waals surface area contributed by atoms with Crippen molar-refractivity contribution in [3.05, 3.63) is 77.4 Å². The lowest BCUT2D eigenvalue weighted by molar-refractivity contribution is 0.172. The van der Waals surface area contributed by atoms with Gasteiger partial charge < -0.3 is 24.4 Å². The van der Waals surface area contributed by atoms with Crippen molar-refractivity contribution >= 4 is 11.1 Å². The SMILES string of the molecule is CC(COc1ccc([C@@H]2Oc3cc(O)ccc3C3=C2c2ccc(O)cc2OCC3)cc1)N1CCCC1. The number of rotatable bonds is 5. The summed E-state index contributed by atoms with van der Waals surface area (Å²) in [6, 6.07) is 19.0. The van der Waals surface area contributed by atoms with Gasteiger partial charge in [0, 0.05) is 41.3 Å². The maximum Gasteiger partial charge on any atom is 0.150 e. The number of benzene rings is 3. The number of fused-ring (bicyclic) bond motifs is 4. The molecule has 3 aromatic rings. The van der Waals surface area contributed by atoms with Crippen LogP contribution in [0.5, 0.6) is 28.7 Å². The second kappa shape index (κ2) is 9.43. The molecule has 3 aromatic carbocycles. The average Bonchev–Trinajstić information content (AvgIpc) is 3.36. The van der Waals surface area contributed by atoms with E-state index in [1.807, 2.05) is 36.4 Å². The number of phenolic OH excluding ortho intramolecular Hbond substituents is 2. The van der Waals surface area contributed by atoms with Crippen molar-refractivity contribution in [2.24, 2.45) is 0 Å². The van der Waals surface area contributed by atoms with E-state index < -0.39 is 6.10 Å². The molecule has 6 nitrogen and oxygen atoms in total. The molecular formula is C30H31NO5. The van der Waals surface area contributed by atoms with E-state index in [1.54, 1.807) is 24.3 Å². The highest BCUT2D eigenvalue weighted by Gasteiger charge is 2.34. The van der Waals surface area contributed by atoms with Gasteiger partial charge in [0.2, 0.25) is 0 Å². The van der Waals surface area contributed by atoms with Gasteiger partial charge in [0.05, 0.1) is 6.61 Å². The third kappa shape index (κ3) is 4.26. The highest BCUT2D eigenvalue weighted by atomic mass is 16.5. The molecule has 2 N–H and O–H groups in total. The fourth-order valence-electron chi connectivity index (χ4n) is 5.51. The Labute approximate surface area is 211 Å². The molecule has 1 fully saturated rings. The van der Waals surface area contributed by atoms with Gasteiger partial charge in [-0.25, -0.2) is 0 Å². The van der Waals surface area contributed by atoms with E-state index >= 15 is 0 Å². The lowest BCUT2D eigenvalue weighted by Crippen LogP contribution is -2.34. The van der Waals surface area contributed by atoms with Crippen molar-refractivity contribution in [2.75, 3.05) is 26.3 Å². The Morgan fingerprint density at radius 2 is 1.61 bits per heavy atom. The monoisotopic (exact) mass is 485 g/mol. The Hall–Kier alpha value is -3.64. The summed E-state index contributed by atoms with van der Waals surface area (Å²) in [5, 5.41) is 20.2. The first kappa shape index (κ1) is 22.8. The number of likely N-dealkylation sites (tertiary alicyclic amines) is 1. The summed E-state index contributed by atoms with van der Waals surface area (Å²) < 4.78 is 18.7. The van der Waals surface area contributed by atoms with Crippen molar-refractivity contribution in [3.8, 4) is 28.7 Å². The van der Waals surface area contributed by atoms with Crippen LogP contribution in [0.15, 0.2) is 60.7 Å². The van der Waals surface area contributed by atoms with Crippen molar-refractivity contribution < 1.29 is 24.4 Å². The van der Waals surface area contributed by atoms with Gasteiger partial charge >= 0.3 is 0 Å². The molecule has 0 aromatic heterocycles. The van der Waals surface area contributed by atoms with E-state index in [4.69, 9.17) is 14.2 Å². The molecule has 2 atom stereocenters. The second-order valence-electron chi connectivity index (χ2n) is 9.82. The van der Waals surface area contributed by atoms with Crippen molar-refractivity contribution in [3.63, 3.8) is 0 Å². The second-order valence-corrected chi connectivity index (χ2v) is 9.82. The summed E-state index contributed by atoms with van der Waals surface area (Å²) in [7, 11) is 0. The largest absolute Gasteiger partial charge is 0.508 e. The first-order valence-electron chi connectivity index (χ1n) is 12.7. The Morgan fingerprint density at radius 1 is 0.917 bits per heavy atom. The molecule has 0 amide bonds. The van der Waals surface area contributed by atoms with Crippen LogP contribution in [-0.2, 0) is 0 Å². The Morgan fingerprint density at radius 3 is 2.36 bits per heavy atom. The van der Waals surface area contributed by atoms with Crippen molar-refractivity contribution in [2.45, 2.75) is 38.3 Å². The van der Waals surface area contributed by atoms with Crippen LogP contribution in [0.4, 0.5) is 0 Å². The third-order valence-corrected chi connectivity index (χ3v) is 7.43. The maximum absolute atomic E-state index is 10.1. The molecule has 6 heteroatoms. The van der Waals surface area contributed by atoms with E-state index in [9.17, 15) is 10.2 Å². The number of hydrogen-bond acceptors (Lipinski definition) is 6. The van der Waals surface area contributed by atoms with E-state index in [2.05, 4.69) is 11.8 Å². The summed E-state index contributed by atoms with van der Waals surface area (Å²) in [5.41, 5.74) is 5.00. The molecule has 0 aliphatic carbocycles. The van der Waals surface area contributed by atoms with Gasteiger partial charge in [-0.3, -0.25) is 4.90 Å². The maximum atomic E-state index is 10.1. The van der Waals surface area contributed by atoms with Crippen LogP contribution >= 0.6 is 0 Å². The van der Waals surface area contributed by atoms with Gasteiger partial charge in [-0.15, -0.1) is 0 Å². The zero-order valence-electron chi connectivity index (χ0n) is 20.4. The zero-order valence-corrected chi connectivity index (χ0v) is 20.4. The summed E-state index contributed by atoms with van der Waals surface area (Å²) >= 11 is 0. The van der Waals surface area contributed by atoms with Gasteiger partial charge in [-0.1, -0.05) is 12.1 Å². The fourth-order valence-corrected chi connectivity index (χ4v) is 5.51. The van der Waals surface area contributed by atoms with Crippen LogP contribution in [0.25, 0.3) is 11.1 Å². The molecule has 0 spiro atoms. The van der Waals surface area contributed by atoms with E-state index in [-0.39, 0.29) is 11.5 Å². The molecular weight excluding hydrogens is 454 g/mol. The number of aromatic hydroxyl groups is 2. The van der Waals surface area contributed by atoms with Gasteiger partial charge in [0.15, 0.2) is 0 Å². The standard InChI is InChI=1S/C30H31NO5/c1-19(31-13-2-3-14-31)18-35-23-8-4-20(5-9-23)30-29-25(24-10-6-22(33)17-28(24)36-30)12-15-34-27-16-21(32)7-11-26(27)29/h4-11,16-17,19,30,32-33H,2-3,12-15,18H2,1H3/t19?,30-/m0/s1. The van der Waals surface area contributed by atoms with Gasteiger partial charge in [0.1, 0.15) is 41.5 Å². The summed E-state index contributed by atoms with van der Waals surface area (Å²) in [6.07, 6.45) is 2.84.